The van der Waals surface area contributed by atoms with Crippen molar-refractivity contribution in [3.63, 3.8) is 0 Å². The number of benzene rings is 1. The van der Waals surface area contributed by atoms with Gasteiger partial charge >= 0.3 is 0 Å². The topological polar surface area (TPSA) is 49.3 Å². The third-order valence-electron chi connectivity index (χ3n) is 2.71. The maximum atomic E-state index is 13.5. The Morgan fingerprint density at radius 1 is 1.40 bits per heavy atom. The van der Waals surface area contributed by atoms with E-state index in [-0.39, 0.29) is 18.3 Å². The fraction of sp³-hybridized carbons (Fsp3) is 0.357. The Labute approximate surface area is 125 Å². The number of carbonyl (C=O) groups excluding carboxylic acids is 1. The van der Waals surface area contributed by atoms with E-state index < -0.39 is 0 Å². The van der Waals surface area contributed by atoms with Gasteiger partial charge in [-0.1, -0.05) is 6.07 Å². The van der Waals surface area contributed by atoms with Crippen molar-refractivity contribution in [3.8, 4) is 0 Å². The summed E-state index contributed by atoms with van der Waals surface area (Å²) in [4.78, 5) is 12.5. The molecule has 1 aromatic carbocycles. The second-order valence-corrected chi connectivity index (χ2v) is 6.52. The van der Waals surface area contributed by atoms with Crippen molar-refractivity contribution >= 4 is 39.1 Å². The number of hydrogen-bond donors (Lipinski definition) is 2. The Hall–Kier alpha value is -1.11. The number of fused-ring (bicyclic) bond motifs is 1. The fourth-order valence-corrected chi connectivity index (χ4v) is 3.51. The summed E-state index contributed by atoms with van der Waals surface area (Å²) >= 11 is 2.99. The second kappa shape index (κ2) is 7.61. The average Bonchev–Trinajstić information content (AvgIpc) is 2.88. The van der Waals surface area contributed by atoms with Crippen molar-refractivity contribution in [1.29, 1.82) is 0 Å². The predicted octanol–water partition coefficient (Wildman–Crippen LogP) is 2.89. The van der Waals surface area contributed by atoms with Crippen molar-refractivity contribution < 1.29 is 14.3 Å². The molecule has 2 N–H and O–H groups in total. The maximum absolute atomic E-state index is 13.5. The molecule has 20 heavy (non-hydrogen) atoms. The standard InChI is InChI=1S/C14H16FNO2S2/c15-11-3-1-4-12-10(11)9-13(20-12)14(18)16-5-8-19-7-2-6-17/h1,3-4,9,17H,2,5-8H2,(H,16,18). The molecule has 0 saturated heterocycles. The molecule has 0 saturated carbocycles. The molecule has 2 rings (SSSR count). The summed E-state index contributed by atoms with van der Waals surface area (Å²) in [7, 11) is 0. The maximum Gasteiger partial charge on any atom is 0.261 e. The Kier molecular flexibility index (Phi) is 5.82. The van der Waals surface area contributed by atoms with Crippen LogP contribution in [-0.2, 0) is 0 Å². The summed E-state index contributed by atoms with van der Waals surface area (Å²) in [5.74, 6) is 1.25. The number of carbonyl (C=O) groups is 1. The molecule has 0 aliphatic heterocycles. The average molecular weight is 313 g/mol. The van der Waals surface area contributed by atoms with E-state index in [1.165, 1.54) is 17.4 Å². The molecule has 3 nitrogen and oxygen atoms in total. The molecule has 1 amide bonds. The highest BCUT2D eigenvalue weighted by Crippen LogP contribution is 2.27. The lowest BCUT2D eigenvalue weighted by atomic mass is 10.2. The van der Waals surface area contributed by atoms with Crippen LogP contribution in [0.4, 0.5) is 4.39 Å². The Bertz CT molecular complexity index is 586. The van der Waals surface area contributed by atoms with Gasteiger partial charge in [-0.15, -0.1) is 11.3 Å². The fourth-order valence-electron chi connectivity index (χ4n) is 1.73. The summed E-state index contributed by atoms with van der Waals surface area (Å²) in [5.41, 5.74) is 0. The summed E-state index contributed by atoms with van der Waals surface area (Å²) < 4.78 is 14.3. The lowest BCUT2D eigenvalue weighted by molar-refractivity contribution is 0.0960. The SMILES string of the molecule is O=C(NCCSCCCO)c1cc2c(F)cccc2s1. The molecule has 0 bridgehead atoms. The van der Waals surface area contributed by atoms with Crippen LogP contribution in [0.25, 0.3) is 10.1 Å². The van der Waals surface area contributed by atoms with Crippen molar-refractivity contribution in [1.82, 2.24) is 5.32 Å². The number of nitrogens with one attached hydrogen (secondary N) is 1. The molecule has 0 atom stereocenters. The number of amides is 1. The predicted molar refractivity (Wildman–Crippen MR) is 83.1 cm³/mol. The van der Waals surface area contributed by atoms with Crippen LogP contribution in [0.2, 0.25) is 0 Å². The number of aliphatic hydroxyl groups excluding tert-OH is 1. The third-order valence-corrected chi connectivity index (χ3v) is 4.88. The van der Waals surface area contributed by atoms with E-state index in [0.29, 0.717) is 16.8 Å². The number of hydrogen-bond acceptors (Lipinski definition) is 4. The molecule has 0 radical (unpaired) electrons. The van der Waals surface area contributed by atoms with Crippen molar-refractivity contribution in [2.24, 2.45) is 0 Å². The van der Waals surface area contributed by atoms with Crippen LogP contribution < -0.4 is 5.32 Å². The molecule has 1 aromatic heterocycles. The van der Waals surface area contributed by atoms with Gasteiger partial charge in [0, 0.05) is 29.0 Å². The first-order valence-electron chi connectivity index (χ1n) is 6.37. The summed E-state index contributed by atoms with van der Waals surface area (Å²) in [5, 5.41) is 12.0. The van der Waals surface area contributed by atoms with Crippen LogP contribution in [-0.4, -0.2) is 35.7 Å². The highest BCUT2D eigenvalue weighted by atomic mass is 32.2. The monoisotopic (exact) mass is 313 g/mol. The van der Waals surface area contributed by atoms with Crippen molar-refractivity contribution in [2.45, 2.75) is 6.42 Å². The first kappa shape index (κ1) is 15.3. The quantitative estimate of drug-likeness (QED) is 0.773. The highest BCUT2D eigenvalue weighted by Gasteiger charge is 2.11. The molecular formula is C14H16FNO2S2. The van der Waals surface area contributed by atoms with Gasteiger partial charge in [-0.2, -0.15) is 11.8 Å². The van der Waals surface area contributed by atoms with Crippen LogP contribution in [0.15, 0.2) is 24.3 Å². The molecule has 6 heteroatoms. The number of thioether (sulfide) groups is 1. The van der Waals surface area contributed by atoms with Crippen LogP contribution in [0, 0.1) is 5.82 Å². The van der Waals surface area contributed by atoms with Crippen molar-refractivity contribution in [3.05, 3.63) is 35.0 Å². The van der Waals surface area contributed by atoms with Gasteiger partial charge in [0.2, 0.25) is 0 Å². The van der Waals surface area contributed by atoms with Gasteiger partial charge in [0.1, 0.15) is 5.82 Å². The molecule has 0 aliphatic carbocycles. The molecule has 108 valence electrons. The number of aliphatic hydroxyl groups is 1. The van der Waals surface area contributed by atoms with Crippen LogP contribution in [0.3, 0.4) is 0 Å². The van der Waals surface area contributed by atoms with Crippen molar-refractivity contribution in [2.75, 3.05) is 24.7 Å². The lowest BCUT2D eigenvalue weighted by Crippen LogP contribution is -2.24. The second-order valence-electron chi connectivity index (χ2n) is 4.21. The normalized spacial score (nSPS) is 10.9. The summed E-state index contributed by atoms with van der Waals surface area (Å²) in [6.07, 6.45) is 0.772. The van der Waals surface area contributed by atoms with Gasteiger partial charge in [0.15, 0.2) is 0 Å². The Balaban J connectivity index is 1.86. The van der Waals surface area contributed by atoms with Gasteiger partial charge in [-0.05, 0) is 30.4 Å². The van der Waals surface area contributed by atoms with Crippen LogP contribution in [0.5, 0.6) is 0 Å². The molecular weight excluding hydrogens is 297 g/mol. The van der Waals surface area contributed by atoms with Gasteiger partial charge in [-0.3, -0.25) is 4.79 Å². The number of thiophene rings is 1. The summed E-state index contributed by atoms with van der Waals surface area (Å²) in [6, 6.07) is 6.45. The highest BCUT2D eigenvalue weighted by molar-refractivity contribution is 7.99. The van der Waals surface area contributed by atoms with E-state index in [9.17, 15) is 9.18 Å². The zero-order valence-electron chi connectivity index (χ0n) is 10.9. The molecule has 0 spiro atoms. The minimum Gasteiger partial charge on any atom is -0.396 e. The molecule has 1 heterocycles. The largest absolute Gasteiger partial charge is 0.396 e. The van der Waals surface area contributed by atoms with Gasteiger partial charge in [0.25, 0.3) is 5.91 Å². The third kappa shape index (κ3) is 3.94. The first-order valence-corrected chi connectivity index (χ1v) is 8.34. The lowest BCUT2D eigenvalue weighted by Gasteiger charge is -2.02. The minimum absolute atomic E-state index is 0.159. The smallest absolute Gasteiger partial charge is 0.261 e. The molecule has 0 fully saturated rings. The molecule has 2 aromatic rings. The van der Waals surface area contributed by atoms with E-state index >= 15 is 0 Å². The van der Waals surface area contributed by atoms with E-state index in [2.05, 4.69) is 5.32 Å². The zero-order valence-corrected chi connectivity index (χ0v) is 12.5. The van der Waals surface area contributed by atoms with Gasteiger partial charge in [-0.25, -0.2) is 4.39 Å². The van der Waals surface area contributed by atoms with Gasteiger partial charge in [0.05, 0.1) is 4.88 Å². The first-order chi connectivity index (χ1) is 9.72. The molecule has 0 aliphatic rings. The van der Waals surface area contributed by atoms with E-state index in [1.54, 1.807) is 23.9 Å². The zero-order chi connectivity index (χ0) is 14.4. The van der Waals surface area contributed by atoms with E-state index in [4.69, 9.17) is 5.11 Å². The van der Waals surface area contributed by atoms with E-state index in [1.807, 2.05) is 6.07 Å². The molecule has 0 unspecified atom stereocenters. The van der Waals surface area contributed by atoms with E-state index in [0.717, 1.165) is 22.6 Å². The Morgan fingerprint density at radius 2 is 2.25 bits per heavy atom. The number of rotatable bonds is 7. The summed E-state index contributed by atoms with van der Waals surface area (Å²) in [6.45, 7) is 0.776. The number of halogens is 1. The van der Waals surface area contributed by atoms with Crippen LogP contribution in [0.1, 0.15) is 16.1 Å². The minimum atomic E-state index is -0.294. The Morgan fingerprint density at radius 3 is 3.00 bits per heavy atom. The van der Waals surface area contributed by atoms with Crippen LogP contribution >= 0.6 is 23.1 Å². The van der Waals surface area contributed by atoms with Gasteiger partial charge < -0.3 is 10.4 Å².